The predicted molar refractivity (Wildman–Crippen MR) is 105 cm³/mol. The van der Waals surface area contributed by atoms with E-state index in [4.69, 9.17) is 0 Å². The van der Waals surface area contributed by atoms with E-state index in [9.17, 15) is 4.79 Å². The Hall–Kier alpha value is -3.48. The van der Waals surface area contributed by atoms with Gasteiger partial charge in [-0.25, -0.2) is 9.97 Å². The molecule has 1 amide bonds. The second-order valence-electron chi connectivity index (χ2n) is 6.78. The molecule has 0 radical (unpaired) electrons. The van der Waals surface area contributed by atoms with Crippen LogP contribution in [0.2, 0.25) is 0 Å². The summed E-state index contributed by atoms with van der Waals surface area (Å²) in [6.07, 6.45) is 8.67. The van der Waals surface area contributed by atoms with E-state index in [1.165, 1.54) is 0 Å². The van der Waals surface area contributed by atoms with Crippen molar-refractivity contribution in [3.8, 4) is 11.3 Å². The van der Waals surface area contributed by atoms with Crippen LogP contribution >= 0.6 is 0 Å². The van der Waals surface area contributed by atoms with E-state index in [0.29, 0.717) is 11.4 Å². The van der Waals surface area contributed by atoms with Gasteiger partial charge < -0.3 is 9.88 Å². The number of nitrogens with one attached hydrogen (secondary N) is 1. The quantitative estimate of drug-likeness (QED) is 0.602. The Labute approximate surface area is 156 Å². The number of hydrogen-bond acceptors (Lipinski definition) is 4. The number of nitrogens with zero attached hydrogens (tertiary/aromatic N) is 5. The molecule has 27 heavy (non-hydrogen) atoms. The van der Waals surface area contributed by atoms with E-state index in [1.54, 1.807) is 29.6 Å². The first-order valence-electron chi connectivity index (χ1n) is 8.73. The van der Waals surface area contributed by atoms with Crippen molar-refractivity contribution in [2.24, 2.45) is 7.05 Å². The number of aromatic nitrogens is 5. The van der Waals surface area contributed by atoms with Crippen LogP contribution in [0, 0.1) is 0 Å². The number of carbonyl (C=O) groups is 1. The van der Waals surface area contributed by atoms with Gasteiger partial charge in [0.25, 0.3) is 5.91 Å². The summed E-state index contributed by atoms with van der Waals surface area (Å²) in [4.78, 5) is 21.0. The number of imidazole rings is 1. The SMILES string of the molecule is CC(C)n1cc(C(=O)Nc2cc3cc(-c4cncn4C)ccc3cn2)cn1. The number of carbonyl (C=O) groups excluding carboxylic acids is 1. The second kappa shape index (κ2) is 6.68. The minimum absolute atomic E-state index is 0.204. The molecule has 0 saturated heterocycles. The Kier molecular flexibility index (Phi) is 4.19. The maximum absolute atomic E-state index is 12.5. The molecule has 4 rings (SSSR count). The topological polar surface area (TPSA) is 77.6 Å². The lowest BCUT2D eigenvalue weighted by molar-refractivity contribution is 0.102. The summed E-state index contributed by atoms with van der Waals surface area (Å²) in [5.41, 5.74) is 2.60. The Bertz CT molecular complexity index is 1120. The first kappa shape index (κ1) is 17.0. The van der Waals surface area contributed by atoms with Crippen molar-refractivity contribution in [1.29, 1.82) is 0 Å². The number of hydrogen-bond donors (Lipinski definition) is 1. The van der Waals surface area contributed by atoms with Gasteiger partial charge in [-0.05, 0) is 31.4 Å². The fourth-order valence-electron chi connectivity index (χ4n) is 2.93. The molecule has 7 nitrogen and oxygen atoms in total. The summed E-state index contributed by atoms with van der Waals surface area (Å²) < 4.78 is 3.72. The third-order valence-electron chi connectivity index (χ3n) is 4.47. The van der Waals surface area contributed by atoms with Crippen LogP contribution in [0.3, 0.4) is 0 Å². The van der Waals surface area contributed by atoms with Crippen molar-refractivity contribution >= 4 is 22.5 Å². The molecule has 3 aromatic heterocycles. The molecule has 3 heterocycles. The normalized spacial score (nSPS) is 11.3. The van der Waals surface area contributed by atoms with Crippen LogP contribution < -0.4 is 5.32 Å². The number of fused-ring (bicyclic) bond motifs is 1. The smallest absolute Gasteiger partial charge is 0.260 e. The zero-order valence-electron chi connectivity index (χ0n) is 15.4. The van der Waals surface area contributed by atoms with E-state index < -0.39 is 0 Å². The lowest BCUT2D eigenvalue weighted by Crippen LogP contribution is -2.12. The highest BCUT2D eigenvalue weighted by atomic mass is 16.1. The number of amides is 1. The molecule has 7 heteroatoms. The number of pyridine rings is 1. The number of aryl methyl sites for hydroxylation is 1. The molecule has 0 aliphatic heterocycles. The van der Waals surface area contributed by atoms with Crippen LogP contribution in [0.25, 0.3) is 22.0 Å². The van der Waals surface area contributed by atoms with E-state index >= 15 is 0 Å². The highest BCUT2D eigenvalue weighted by Gasteiger charge is 2.11. The van der Waals surface area contributed by atoms with Gasteiger partial charge >= 0.3 is 0 Å². The average molecular weight is 360 g/mol. The van der Waals surface area contributed by atoms with Crippen molar-refractivity contribution in [1.82, 2.24) is 24.3 Å². The molecular weight excluding hydrogens is 340 g/mol. The molecule has 0 fully saturated rings. The fourth-order valence-corrected chi connectivity index (χ4v) is 2.93. The Morgan fingerprint density at radius 1 is 1.11 bits per heavy atom. The molecule has 0 aliphatic carbocycles. The third kappa shape index (κ3) is 3.31. The molecule has 1 aromatic carbocycles. The van der Waals surface area contributed by atoms with Crippen molar-refractivity contribution in [3.05, 3.63) is 60.9 Å². The summed E-state index contributed by atoms with van der Waals surface area (Å²) in [7, 11) is 1.96. The lowest BCUT2D eigenvalue weighted by atomic mass is 10.1. The monoisotopic (exact) mass is 360 g/mol. The van der Waals surface area contributed by atoms with E-state index in [0.717, 1.165) is 22.0 Å². The van der Waals surface area contributed by atoms with Crippen LogP contribution in [0.15, 0.2) is 55.4 Å². The standard InChI is InChI=1S/C20H20N6O/c1-13(2)26-11-17(9-23-26)20(27)24-19-7-16-6-14(4-5-15(16)8-22-19)18-10-21-12-25(18)3/h4-13H,1-3H3,(H,22,24,27). The highest BCUT2D eigenvalue weighted by Crippen LogP contribution is 2.25. The summed E-state index contributed by atoms with van der Waals surface area (Å²) in [5, 5.41) is 9.05. The van der Waals surface area contributed by atoms with E-state index in [-0.39, 0.29) is 11.9 Å². The molecule has 136 valence electrons. The van der Waals surface area contributed by atoms with Crippen molar-refractivity contribution < 1.29 is 4.79 Å². The maximum Gasteiger partial charge on any atom is 0.260 e. The summed E-state index contributed by atoms with van der Waals surface area (Å²) in [6.45, 7) is 4.03. The largest absolute Gasteiger partial charge is 0.334 e. The van der Waals surface area contributed by atoms with Gasteiger partial charge in [-0.15, -0.1) is 0 Å². The van der Waals surface area contributed by atoms with Crippen LogP contribution in [0.5, 0.6) is 0 Å². The molecule has 1 N–H and O–H groups in total. The zero-order valence-corrected chi connectivity index (χ0v) is 15.4. The lowest BCUT2D eigenvalue weighted by Gasteiger charge is -2.07. The van der Waals surface area contributed by atoms with Crippen LogP contribution in [0.1, 0.15) is 30.2 Å². The Balaban J connectivity index is 1.62. The molecule has 0 atom stereocenters. The predicted octanol–water partition coefficient (Wildman–Crippen LogP) is 3.67. The van der Waals surface area contributed by atoms with Gasteiger partial charge in [0.05, 0.1) is 30.0 Å². The van der Waals surface area contributed by atoms with Gasteiger partial charge in [0.2, 0.25) is 0 Å². The van der Waals surface area contributed by atoms with Gasteiger partial charge in [-0.1, -0.05) is 12.1 Å². The van der Waals surface area contributed by atoms with Crippen molar-refractivity contribution in [2.45, 2.75) is 19.9 Å². The van der Waals surface area contributed by atoms with Gasteiger partial charge in [0.1, 0.15) is 5.82 Å². The fraction of sp³-hybridized carbons (Fsp3) is 0.200. The third-order valence-corrected chi connectivity index (χ3v) is 4.47. The number of rotatable bonds is 4. The van der Waals surface area contributed by atoms with Gasteiger partial charge in [-0.2, -0.15) is 5.10 Å². The molecule has 0 bridgehead atoms. The van der Waals surface area contributed by atoms with Crippen LogP contribution in [0.4, 0.5) is 5.82 Å². The Morgan fingerprint density at radius 3 is 2.67 bits per heavy atom. The van der Waals surface area contributed by atoms with Gasteiger partial charge in [-0.3, -0.25) is 9.48 Å². The average Bonchev–Trinajstić information content (AvgIpc) is 3.30. The molecule has 0 saturated carbocycles. The van der Waals surface area contributed by atoms with Crippen LogP contribution in [-0.4, -0.2) is 30.2 Å². The zero-order chi connectivity index (χ0) is 19.0. The van der Waals surface area contributed by atoms with Gasteiger partial charge in [0.15, 0.2) is 0 Å². The molecule has 0 aliphatic rings. The maximum atomic E-state index is 12.5. The first-order valence-corrected chi connectivity index (χ1v) is 8.73. The summed E-state index contributed by atoms with van der Waals surface area (Å²) >= 11 is 0. The number of anilines is 1. The van der Waals surface area contributed by atoms with Crippen molar-refractivity contribution in [2.75, 3.05) is 5.32 Å². The number of benzene rings is 1. The summed E-state index contributed by atoms with van der Waals surface area (Å²) in [6, 6.07) is 8.21. The highest BCUT2D eigenvalue weighted by molar-refractivity contribution is 6.04. The van der Waals surface area contributed by atoms with E-state index in [2.05, 4.69) is 26.4 Å². The van der Waals surface area contributed by atoms with E-state index in [1.807, 2.05) is 49.9 Å². The molecule has 0 unspecified atom stereocenters. The first-order chi connectivity index (χ1) is 13.0. The molecule has 4 aromatic rings. The van der Waals surface area contributed by atoms with Crippen LogP contribution in [-0.2, 0) is 7.05 Å². The Morgan fingerprint density at radius 2 is 1.96 bits per heavy atom. The second-order valence-corrected chi connectivity index (χ2v) is 6.78. The molecule has 0 spiro atoms. The van der Waals surface area contributed by atoms with Gasteiger partial charge in [0, 0.05) is 36.4 Å². The summed E-state index contributed by atoms with van der Waals surface area (Å²) in [5.74, 6) is 0.281. The molecular formula is C20H20N6O. The minimum atomic E-state index is -0.225. The minimum Gasteiger partial charge on any atom is -0.334 e. The van der Waals surface area contributed by atoms with Crippen molar-refractivity contribution in [3.63, 3.8) is 0 Å².